The lowest BCUT2D eigenvalue weighted by Gasteiger charge is -2.32. The molecule has 0 aliphatic heterocycles. The number of halogens is 2. The molecule has 0 aliphatic rings. The zero-order valence-electron chi connectivity index (χ0n) is 20.1. The Bertz CT molecular complexity index is 1150. The van der Waals surface area contributed by atoms with E-state index in [9.17, 15) is 9.59 Å². The molecule has 0 spiro atoms. The summed E-state index contributed by atoms with van der Waals surface area (Å²) in [5, 5.41) is 3.55. The summed E-state index contributed by atoms with van der Waals surface area (Å²) in [6, 6.07) is 22.0. The zero-order chi connectivity index (χ0) is 25.4. The van der Waals surface area contributed by atoms with Crippen LogP contribution in [-0.4, -0.2) is 35.4 Å². The smallest absolute Gasteiger partial charge is 0.261 e. The molecule has 3 aromatic rings. The Morgan fingerprint density at radius 2 is 1.71 bits per heavy atom. The fraction of sp³-hybridized carbons (Fsp3) is 0.286. The molecule has 3 aromatic carbocycles. The minimum Gasteiger partial charge on any atom is -0.483 e. The number of nitrogens with one attached hydrogen (secondary N) is 1. The van der Waals surface area contributed by atoms with E-state index in [4.69, 9.17) is 16.3 Å². The molecule has 0 aliphatic carbocycles. The lowest BCUT2D eigenvalue weighted by molar-refractivity contribution is -0.143. The molecule has 1 atom stereocenters. The molecule has 0 radical (unpaired) electrons. The highest BCUT2D eigenvalue weighted by atomic mass is 79.9. The van der Waals surface area contributed by atoms with Crippen molar-refractivity contribution in [2.75, 3.05) is 6.61 Å². The van der Waals surface area contributed by atoms with Gasteiger partial charge < -0.3 is 15.0 Å². The number of amides is 2. The summed E-state index contributed by atoms with van der Waals surface area (Å²) < 4.78 is 6.49. The number of hydrogen-bond acceptors (Lipinski definition) is 3. The SMILES string of the molecule is Cc1ccccc1CN(C(=O)COc1ccc(Cl)cc1Br)[C@H](Cc1ccccc1)C(=O)NC(C)C. The van der Waals surface area contributed by atoms with Crippen LogP contribution in [0.1, 0.15) is 30.5 Å². The summed E-state index contributed by atoms with van der Waals surface area (Å²) >= 11 is 9.45. The summed E-state index contributed by atoms with van der Waals surface area (Å²) in [6.07, 6.45) is 0.391. The van der Waals surface area contributed by atoms with Gasteiger partial charge in [0, 0.05) is 24.0 Å². The molecule has 0 heterocycles. The fourth-order valence-electron chi connectivity index (χ4n) is 3.72. The van der Waals surface area contributed by atoms with Crippen molar-refractivity contribution >= 4 is 39.3 Å². The van der Waals surface area contributed by atoms with Gasteiger partial charge >= 0.3 is 0 Å². The molecule has 1 N–H and O–H groups in total. The van der Waals surface area contributed by atoms with Crippen molar-refractivity contribution in [3.05, 3.63) is 99.0 Å². The van der Waals surface area contributed by atoms with Crippen LogP contribution in [-0.2, 0) is 22.6 Å². The number of carbonyl (C=O) groups excluding carboxylic acids is 2. The fourth-order valence-corrected chi connectivity index (χ4v) is 4.52. The number of aryl methyl sites for hydroxylation is 1. The van der Waals surface area contributed by atoms with E-state index in [1.165, 1.54) is 0 Å². The molecule has 0 bridgehead atoms. The number of hydrogen-bond donors (Lipinski definition) is 1. The Hall–Kier alpha value is -2.83. The quantitative estimate of drug-likeness (QED) is 0.335. The molecule has 0 saturated heterocycles. The van der Waals surface area contributed by atoms with Crippen molar-refractivity contribution in [1.29, 1.82) is 0 Å². The highest BCUT2D eigenvalue weighted by molar-refractivity contribution is 9.10. The average Bonchev–Trinajstić information content (AvgIpc) is 2.82. The third-order valence-electron chi connectivity index (χ3n) is 5.55. The minimum atomic E-state index is -0.704. The number of benzene rings is 3. The predicted octanol–water partition coefficient (Wildman–Crippen LogP) is 5.95. The second-order valence-electron chi connectivity index (χ2n) is 8.68. The third-order valence-corrected chi connectivity index (χ3v) is 6.40. The van der Waals surface area contributed by atoms with Crippen molar-refractivity contribution in [2.24, 2.45) is 0 Å². The minimum absolute atomic E-state index is 0.0579. The van der Waals surface area contributed by atoms with Gasteiger partial charge in [0.05, 0.1) is 4.47 Å². The molecular formula is C28H30BrClN2O3. The summed E-state index contributed by atoms with van der Waals surface area (Å²) in [7, 11) is 0. The molecule has 0 aromatic heterocycles. The molecule has 3 rings (SSSR count). The number of ether oxygens (including phenoxy) is 1. The van der Waals surface area contributed by atoms with Crippen LogP contribution in [0.3, 0.4) is 0 Å². The molecule has 184 valence electrons. The van der Waals surface area contributed by atoms with Crippen molar-refractivity contribution < 1.29 is 14.3 Å². The van der Waals surface area contributed by atoms with E-state index in [0.717, 1.165) is 16.7 Å². The van der Waals surface area contributed by atoms with Crippen molar-refractivity contribution in [3.8, 4) is 5.75 Å². The first-order chi connectivity index (χ1) is 16.7. The van der Waals surface area contributed by atoms with E-state index in [2.05, 4.69) is 21.2 Å². The van der Waals surface area contributed by atoms with Gasteiger partial charge in [0.25, 0.3) is 5.91 Å². The first kappa shape index (κ1) is 26.8. The van der Waals surface area contributed by atoms with Gasteiger partial charge in [-0.2, -0.15) is 0 Å². The normalized spacial score (nSPS) is 11.7. The standard InChI is InChI=1S/C28H30BrClN2O3/c1-19(2)31-28(34)25(15-21-10-5-4-6-11-21)32(17-22-12-8-7-9-20(22)3)27(33)18-35-26-14-13-23(30)16-24(26)29/h4-14,16,19,25H,15,17-18H2,1-3H3,(H,31,34)/t25-/m1/s1. The van der Waals surface area contributed by atoms with Crippen LogP contribution in [0.15, 0.2) is 77.3 Å². The molecule has 2 amide bonds. The van der Waals surface area contributed by atoms with Gasteiger partial charge in [-0.25, -0.2) is 0 Å². The lowest BCUT2D eigenvalue weighted by Crippen LogP contribution is -2.52. The Morgan fingerprint density at radius 3 is 2.37 bits per heavy atom. The van der Waals surface area contributed by atoms with E-state index in [1.54, 1.807) is 23.1 Å². The molecule has 5 nitrogen and oxygen atoms in total. The van der Waals surface area contributed by atoms with E-state index in [1.807, 2.05) is 75.4 Å². The first-order valence-corrected chi connectivity index (χ1v) is 12.7. The van der Waals surface area contributed by atoms with E-state index >= 15 is 0 Å². The number of nitrogens with zero attached hydrogens (tertiary/aromatic N) is 1. The average molecular weight is 558 g/mol. The molecule has 0 unspecified atom stereocenters. The highest BCUT2D eigenvalue weighted by Gasteiger charge is 2.31. The van der Waals surface area contributed by atoms with Crippen LogP contribution in [0.2, 0.25) is 5.02 Å². The van der Waals surface area contributed by atoms with Crippen LogP contribution in [0, 0.1) is 6.92 Å². The van der Waals surface area contributed by atoms with E-state index < -0.39 is 6.04 Å². The number of carbonyl (C=O) groups is 2. The molecular weight excluding hydrogens is 528 g/mol. The van der Waals surface area contributed by atoms with Gasteiger partial charge in [-0.05, 0) is 71.6 Å². The highest BCUT2D eigenvalue weighted by Crippen LogP contribution is 2.28. The maximum atomic E-state index is 13.6. The van der Waals surface area contributed by atoms with Crippen LogP contribution >= 0.6 is 27.5 Å². The third kappa shape index (κ3) is 7.84. The van der Waals surface area contributed by atoms with Crippen molar-refractivity contribution in [2.45, 2.75) is 45.8 Å². The zero-order valence-corrected chi connectivity index (χ0v) is 22.5. The lowest BCUT2D eigenvalue weighted by atomic mass is 10.0. The van der Waals surface area contributed by atoms with Gasteiger partial charge in [0.15, 0.2) is 6.61 Å². The van der Waals surface area contributed by atoms with E-state index in [0.29, 0.717) is 28.2 Å². The largest absolute Gasteiger partial charge is 0.483 e. The van der Waals surface area contributed by atoms with Gasteiger partial charge in [0.1, 0.15) is 11.8 Å². The van der Waals surface area contributed by atoms with Crippen molar-refractivity contribution in [3.63, 3.8) is 0 Å². The second-order valence-corrected chi connectivity index (χ2v) is 9.97. The second kappa shape index (κ2) is 12.8. The van der Waals surface area contributed by atoms with Crippen LogP contribution in [0.25, 0.3) is 0 Å². The Labute approximate surface area is 220 Å². The Kier molecular flexibility index (Phi) is 9.75. The molecule has 0 saturated carbocycles. The molecule has 7 heteroatoms. The van der Waals surface area contributed by atoms with Crippen LogP contribution in [0.5, 0.6) is 5.75 Å². The van der Waals surface area contributed by atoms with Gasteiger partial charge in [-0.15, -0.1) is 0 Å². The van der Waals surface area contributed by atoms with E-state index in [-0.39, 0.29) is 24.5 Å². The predicted molar refractivity (Wildman–Crippen MR) is 144 cm³/mol. The number of rotatable bonds is 10. The summed E-state index contributed by atoms with van der Waals surface area (Å²) in [6.45, 7) is 5.89. The Morgan fingerprint density at radius 1 is 1.03 bits per heavy atom. The summed E-state index contributed by atoms with van der Waals surface area (Å²) in [5.41, 5.74) is 3.00. The van der Waals surface area contributed by atoms with Crippen molar-refractivity contribution in [1.82, 2.24) is 10.2 Å². The first-order valence-electron chi connectivity index (χ1n) is 11.5. The topological polar surface area (TPSA) is 58.6 Å². The van der Waals surface area contributed by atoms with Gasteiger partial charge in [-0.3, -0.25) is 9.59 Å². The summed E-state index contributed by atoms with van der Waals surface area (Å²) in [4.78, 5) is 28.6. The maximum Gasteiger partial charge on any atom is 0.261 e. The van der Waals surface area contributed by atoms with Gasteiger partial charge in [0.2, 0.25) is 5.91 Å². The summed E-state index contributed by atoms with van der Waals surface area (Å²) in [5.74, 6) is 0.0261. The monoisotopic (exact) mass is 556 g/mol. The Balaban J connectivity index is 1.93. The maximum absolute atomic E-state index is 13.6. The van der Waals surface area contributed by atoms with Crippen LogP contribution < -0.4 is 10.1 Å². The molecule has 35 heavy (non-hydrogen) atoms. The van der Waals surface area contributed by atoms with Gasteiger partial charge in [-0.1, -0.05) is 66.2 Å². The molecule has 0 fully saturated rings. The van der Waals surface area contributed by atoms with Crippen LogP contribution in [0.4, 0.5) is 0 Å².